The lowest BCUT2D eigenvalue weighted by Crippen LogP contribution is -1.78. The van der Waals surface area contributed by atoms with Crippen molar-refractivity contribution >= 4 is 12.0 Å². The molecule has 1 aromatic heterocycles. The van der Waals surface area contributed by atoms with E-state index in [2.05, 4.69) is 9.83 Å². The zero-order valence-corrected chi connectivity index (χ0v) is 5.11. The van der Waals surface area contributed by atoms with E-state index in [1.807, 2.05) is 0 Å². The van der Waals surface area contributed by atoms with Gasteiger partial charge in [-0.05, 0) is 6.07 Å². The van der Waals surface area contributed by atoms with E-state index in [1.54, 1.807) is 0 Å². The van der Waals surface area contributed by atoms with Crippen LogP contribution in [0.1, 0.15) is 10.4 Å². The maximum atomic E-state index is 10.1. The SMILES string of the molecule is [C-]#[N+]c1cncc(C=O)c1. The first kappa shape index (κ1) is 6.43. The van der Waals surface area contributed by atoms with Crippen molar-refractivity contribution in [3.05, 3.63) is 35.4 Å². The van der Waals surface area contributed by atoms with Crippen LogP contribution >= 0.6 is 0 Å². The van der Waals surface area contributed by atoms with Crippen LogP contribution in [-0.2, 0) is 0 Å². The molecule has 0 unspecified atom stereocenters. The second kappa shape index (κ2) is 2.74. The van der Waals surface area contributed by atoms with Crippen molar-refractivity contribution in [3.63, 3.8) is 0 Å². The molecule has 0 spiro atoms. The van der Waals surface area contributed by atoms with Gasteiger partial charge in [-0.2, -0.15) is 0 Å². The van der Waals surface area contributed by atoms with Crippen LogP contribution in [0.5, 0.6) is 0 Å². The van der Waals surface area contributed by atoms with Crippen molar-refractivity contribution in [1.82, 2.24) is 4.98 Å². The van der Waals surface area contributed by atoms with Crippen LogP contribution in [0, 0.1) is 6.57 Å². The smallest absolute Gasteiger partial charge is 0.205 e. The highest BCUT2D eigenvalue weighted by Gasteiger charge is 1.91. The molecule has 0 amide bonds. The Morgan fingerprint density at radius 2 is 2.40 bits per heavy atom. The predicted molar refractivity (Wildman–Crippen MR) is 35.9 cm³/mol. The lowest BCUT2D eigenvalue weighted by atomic mass is 10.3. The van der Waals surface area contributed by atoms with Gasteiger partial charge in [-0.25, -0.2) is 4.85 Å². The summed E-state index contributed by atoms with van der Waals surface area (Å²) in [5.41, 5.74) is 0.832. The second-order valence-corrected chi connectivity index (χ2v) is 1.71. The van der Waals surface area contributed by atoms with E-state index in [1.165, 1.54) is 18.5 Å². The van der Waals surface area contributed by atoms with Gasteiger partial charge in [-0.1, -0.05) is 0 Å². The fourth-order valence-corrected chi connectivity index (χ4v) is 0.571. The van der Waals surface area contributed by atoms with Crippen molar-refractivity contribution in [2.45, 2.75) is 0 Å². The second-order valence-electron chi connectivity index (χ2n) is 1.71. The van der Waals surface area contributed by atoms with Gasteiger partial charge in [-0.3, -0.25) is 9.78 Å². The predicted octanol–water partition coefficient (Wildman–Crippen LogP) is 1.44. The van der Waals surface area contributed by atoms with Gasteiger partial charge < -0.3 is 0 Å². The molecule has 0 atom stereocenters. The van der Waals surface area contributed by atoms with Gasteiger partial charge in [-0.15, -0.1) is 0 Å². The summed E-state index contributed by atoms with van der Waals surface area (Å²) < 4.78 is 0. The average Bonchev–Trinajstić information content (AvgIpc) is 2.05. The Labute approximate surface area is 58.1 Å². The zero-order chi connectivity index (χ0) is 7.40. The highest BCUT2D eigenvalue weighted by Crippen LogP contribution is 2.09. The number of nitrogens with zero attached hydrogens (tertiary/aromatic N) is 2. The Bertz CT molecular complexity index is 288. The van der Waals surface area contributed by atoms with Crippen LogP contribution in [0.25, 0.3) is 4.85 Å². The molecular formula is C7H4N2O. The number of rotatable bonds is 1. The summed E-state index contributed by atoms with van der Waals surface area (Å²) in [4.78, 5) is 16.9. The standard InChI is InChI=1S/C7H4N2O/c1-8-7-2-6(5-10)3-9-4-7/h2-5H. The minimum absolute atomic E-state index is 0.393. The van der Waals surface area contributed by atoms with E-state index in [9.17, 15) is 4.79 Å². The quantitative estimate of drug-likeness (QED) is 0.428. The van der Waals surface area contributed by atoms with Gasteiger partial charge in [0.2, 0.25) is 5.69 Å². The van der Waals surface area contributed by atoms with Gasteiger partial charge in [0.1, 0.15) is 6.29 Å². The van der Waals surface area contributed by atoms with Gasteiger partial charge in [0, 0.05) is 18.0 Å². The molecular weight excluding hydrogens is 128 g/mol. The van der Waals surface area contributed by atoms with E-state index in [0.717, 1.165) is 0 Å². The fourth-order valence-electron chi connectivity index (χ4n) is 0.571. The number of hydrogen-bond acceptors (Lipinski definition) is 2. The number of carbonyl (C=O) groups excluding carboxylic acids is 1. The van der Waals surface area contributed by atoms with Crippen molar-refractivity contribution < 1.29 is 4.79 Å². The van der Waals surface area contributed by atoms with Gasteiger partial charge >= 0.3 is 0 Å². The first-order valence-corrected chi connectivity index (χ1v) is 2.64. The first-order chi connectivity index (χ1) is 4.86. The topological polar surface area (TPSA) is 34.3 Å². The minimum Gasteiger partial charge on any atom is -0.298 e. The molecule has 0 aliphatic carbocycles. The molecule has 0 saturated carbocycles. The van der Waals surface area contributed by atoms with Crippen molar-refractivity contribution in [2.24, 2.45) is 0 Å². The summed E-state index contributed by atoms with van der Waals surface area (Å²) in [6.45, 7) is 6.58. The molecule has 0 aliphatic heterocycles. The maximum Gasteiger partial charge on any atom is 0.205 e. The fraction of sp³-hybridized carbons (Fsp3) is 0. The number of aldehydes is 1. The third-order valence-corrected chi connectivity index (χ3v) is 1.01. The normalized spacial score (nSPS) is 8.30. The molecule has 48 valence electrons. The van der Waals surface area contributed by atoms with E-state index in [4.69, 9.17) is 6.57 Å². The van der Waals surface area contributed by atoms with Gasteiger partial charge in [0.25, 0.3) is 0 Å². The highest BCUT2D eigenvalue weighted by atomic mass is 16.1. The van der Waals surface area contributed by atoms with Crippen LogP contribution in [0.2, 0.25) is 0 Å². The van der Waals surface area contributed by atoms with E-state index >= 15 is 0 Å². The first-order valence-electron chi connectivity index (χ1n) is 2.64. The Balaban J connectivity index is 3.13. The largest absolute Gasteiger partial charge is 0.298 e. The maximum absolute atomic E-state index is 10.1. The molecule has 0 saturated heterocycles. The molecule has 1 rings (SSSR count). The van der Waals surface area contributed by atoms with Crippen molar-refractivity contribution in [3.8, 4) is 0 Å². The molecule has 3 heteroatoms. The molecule has 1 aromatic rings. The molecule has 0 bridgehead atoms. The third kappa shape index (κ3) is 1.17. The molecule has 3 nitrogen and oxygen atoms in total. The molecule has 0 aliphatic rings. The summed E-state index contributed by atoms with van der Waals surface area (Å²) in [6.07, 6.45) is 3.50. The molecule has 10 heavy (non-hydrogen) atoms. The van der Waals surface area contributed by atoms with Gasteiger partial charge in [0.05, 0.1) is 6.57 Å². The molecule has 0 fully saturated rings. The Kier molecular flexibility index (Phi) is 1.76. The number of hydrogen-bond donors (Lipinski definition) is 0. The van der Waals surface area contributed by atoms with Crippen LogP contribution in [-0.4, -0.2) is 11.3 Å². The van der Waals surface area contributed by atoms with Gasteiger partial charge in [0.15, 0.2) is 0 Å². The number of carbonyl (C=O) groups is 1. The monoisotopic (exact) mass is 132 g/mol. The van der Waals surface area contributed by atoms with Crippen molar-refractivity contribution in [2.75, 3.05) is 0 Å². The number of pyridine rings is 1. The Morgan fingerprint density at radius 1 is 1.60 bits per heavy atom. The van der Waals surface area contributed by atoms with E-state index in [-0.39, 0.29) is 0 Å². The lowest BCUT2D eigenvalue weighted by molar-refractivity contribution is 0.112. The summed E-state index contributed by atoms with van der Waals surface area (Å²) in [5.74, 6) is 0. The van der Waals surface area contributed by atoms with E-state index < -0.39 is 0 Å². The minimum atomic E-state index is 0.393. The summed E-state index contributed by atoms with van der Waals surface area (Å²) in [7, 11) is 0. The lowest BCUT2D eigenvalue weighted by Gasteiger charge is -1.87. The molecule has 1 heterocycles. The highest BCUT2D eigenvalue weighted by molar-refractivity contribution is 5.76. The Hall–Kier alpha value is -1.69. The van der Waals surface area contributed by atoms with Crippen molar-refractivity contribution in [1.29, 1.82) is 0 Å². The molecule has 0 radical (unpaired) electrons. The number of aromatic nitrogens is 1. The average molecular weight is 132 g/mol. The summed E-state index contributed by atoms with van der Waals surface area (Å²) in [6, 6.07) is 1.49. The summed E-state index contributed by atoms with van der Waals surface area (Å²) in [5, 5.41) is 0. The van der Waals surface area contributed by atoms with Crippen LogP contribution in [0.3, 0.4) is 0 Å². The van der Waals surface area contributed by atoms with E-state index in [0.29, 0.717) is 17.5 Å². The Morgan fingerprint density at radius 3 is 3.00 bits per heavy atom. The van der Waals surface area contributed by atoms with Crippen LogP contribution in [0.15, 0.2) is 18.5 Å². The molecule has 0 N–H and O–H groups in total. The zero-order valence-electron chi connectivity index (χ0n) is 5.11. The summed E-state index contributed by atoms with van der Waals surface area (Å²) >= 11 is 0. The van der Waals surface area contributed by atoms with Crippen LogP contribution < -0.4 is 0 Å². The molecule has 0 aromatic carbocycles. The third-order valence-electron chi connectivity index (χ3n) is 1.01. The van der Waals surface area contributed by atoms with Crippen LogP contribution in [0.4, 0.5) is 5.69 Å².